The number of rotatable bonds is 7. The van der Waals surface area contributed by atoms with Crippen molar-refractivity contribution in [3.63, 3.8) is 0 Å². The van der Waals surface area contributed by atoms with Crippen molar-refractivity contribution in [2.24, 2.45) is 0 Å². The first-order valence-electron chi connectivity index (χ1n) is 7.37. The zero-order chi connectivity index (χ0) is 17.0. The number of hydrogen-bond donors (Lipinski definition) is 0. The number of furan rings is 1. The first-order valence-corrected chi connectivity index (χ1v) is 9.69. The quantitative estimate of drug-likeness (QED) is 0.638. The van der Waals surface area contributed by atoms with Crippen molar-refractivity contribution in [2.45, 2.75) is 17.9 Å². The summed E-state index contributed by atoms with van der Waals surface area (Å²) in [6, 6.07) is 12.7. The van der Waals surface area contributed by atoms with E-state index in [-0.39, 0.29) is 18.0 Å². The van der Waals surface area contributed by atoms with Gasteiger partial charge in [0, 0.05) is 11.4 Å². The van der Waals surface area contributed by atoms with Crippen LogP contribution in [0.1, 0.15) is 10.6 Å². The fraction of sp³-hybridized carbons (Fsp3) is 0.176. The Hall–Kier alpha value is -1.96. The lowest BCUT2D eigenvalue weighted by molar-refractivity contribution is 0.364. The highest BCUT2D eigenvalue weighted by Crippen LogP contribution is 2.22. The maximum Gasteiger partial charge on any atom is 0.246 e. The minimum atomic E-state index is -3.96. The van der Waals surface area contributed by atoms with Crippen LogP contribution in [-0.4, -0.2) is 19.3 Å². The van der Waals surface area contributed by atoms with Crippen molar-refractivity contribution in [1.82, 2.24) is 4.31 Å². The van der Waals surface area contributed by atoms with Gasteiger partial charge in [-0.25, -0.2) is 12.8 Å². The zero-order valence-corrected chi connectivity index (χ0v) is 14.4. The van der Waals surface area contributed by atoms with E-state index in [2.05, 4.69) is 0 Å². The Bertz CT molecular complexity index is 874. The van der Waals surface area contributed by atoms with Crippen molar-refractivity contribution in [3.05, 3.63) is 76.6 Å². The molecule has 0 fully saturated rings. The van der Waals surface area contributed by atoms with E-state index in [1.54, 1.807) is 23.5 Å². The van der Waals surface area contributed by atoms with Gasteiger partial charge in [-0.3, -0.25) is 0 Å². The summed E-state index contributed by atoms with van der Waals surface area (Å²) in [6.45, 7) is 0.312. The van der Waals surface area contributed by atoms with Crippen LogP contribution in [0.5, 0.6) is 0 Å². The van der Waals surface area contributed by atoms with Crippen molar-refractivity contribution in [1.29, 1.82) is 0 Å². The molecule has 0 unspecified atom stereocenters. The van der Waals surface area contributed by atoms with Crippen molar-refractivity contribution in [2.75, 3.05) is 6.54 Å². The van der Waals surface area contributed by atoms with Gasteiger partial charge in [-0.05, 0) is 42.1 Å². The smallest absolute Gasteiger partial charge is 0.246 e. The van der Waals surface area contributed by atoms with Gasteiger partial charge in [0.2, 0.25) is 10.0 Å². The molecule has 0 radical (unpaired) electrons. The molecule has 0 aliphatic rings. The molecule has 0 aliphatic heterocycles. The zero-order valence-electron chi connectivity index (χ0n) is 12.8. The minimum Gasteiger partial charge on any atom is -0.468 e. The van der Waals surface area contributed by atoms with Gasteiger partial charge in [-0.15, -0.1) is 11.3 Å². The molecule has 24 heavy (non-hydrogen) atoms. The predicted octanol–water partition coefficient (Wildman–Crippen LogP) is 3.91. The van der Waals surface area contributed by atoms with E-state index in [0.717, 1.165) is 10.9 Å². The molecular formula is C17H16FNO3S2. The Balaban J connectivity index is 1.89. The third-order valence-corrected chi connectivity index (χ3v) is 6.37. The fourth-order valence-electron chi connectivity index (χ4n) is 2.34. The maximum atomic E-state index is 14.0. The van der Waals surface area contributed by atoms with Gasteiger partial charge >= 0.3 is 0 Å². The van der Waals surface area contributed by atoms with Gasteiger partial charge in [-0.2, -0.15) is 4.31 Å². The van der Waals surface area contributed by atoms with Gasteiger partial charge in [-0.1, -0.05) is 18.2 Å². The van der Waals surface area contributed by atoms with Crippen LogP contribution in [0.3, 0.4) is 0 Å². The number of halogens is 1. The summed E-state index contributed by atoms with van der Waals surface area (Å²) in [5.41, 5.74) is 0. The average molecular weight is 365 g/mol. The van der Waals surface area contributed by atoms with Gasteiger partial charge in [0.1, 0.15) is 16.5 Å². The molecule has 3 aromatic rings. The third kappa shape index (κ3) is 3.75. The highest BCUT2D eigenvalue weighted by Gasteiger charge is 2.28. The third-order valence-electron chi connectivity index (χ3n) is 3.55. The Morgan fingerprint density at radius 1 is 1.08 bits per heavy atom. The van der Waals surface area contributed by atoms with Crippen LogP contribution in [0.4, 0.5) is 4.39 Å². The Labute approximate surface area is 144 Å². The average Bonchev–Trinajstić information content (AvgIpc) is 3.25. The molecule has 0 saturated heterocycles. The summed E-state index contributed by atoms with van der Waals surface area (Å²) in [6.07, 6.45) is 2.05. The molecule has 0 amide bonds. The molecule has 0 atom stereocenters. The summed E-state index contributed by atoms with van der Waals surface area (Å²) in [4.78, 5) is 0.755. The highest BCUT2D eigenvalue weighted by molar-refractivity contribution is 7.89. The van der Waals surface area contributed by atoms with E-state index in [1.165, 1.54) is 28.8 Å². The molecule has 0 N–H and O–H groups in total. The molecule has 0 spiro atoms. The largest absolute Gasteiger partial charge is 0.468 e. The lowest BCUT2D eigenvalue weighted by Crippen LogP contribution is -2.33. The summed E-state index contributed by atoms with van der Waals surface area (Å²) < 4.78 is 46.3. The lowest BCUT2D eigenvalue weighted by atomic mass is 10.3. The Morgan fingerprint density at radius 3 is 2.58 bits per heavy atom. The van der Waals surface area contributed by atoms with Crippen LogP contribution in [0.15, 0.2) is 69.5 Å². The molecule has 2 heterocycles. The number of benzene rings is 1. The molecule has 2 aromatic heterocycles. The van der Waals surface area contributed by atoms with Gasteiger partial charge in [0.25, 0.3) is 0 Å². The standard InChI is InChI=1S/C17H16FNO3S2/c18-16-7-1-2-8-17(16)24(20,21)19(13-14-5-3-11-22-14)10-9-15-6-4-12-23-15/h1-8,11-12H,9-10,13H2. The number of thiophene rings is 1. The van der Waals surface area contributed by atoms with Crippen molar-refractivity contribution < 1.29 is 17.2 Å². The predicted molar refractivity (Wildman–Crippen MR) is 90.7 cm³/mol. The maximum absolute atomic E-state index is 14.0. The summed E-state index contributed by atoms with van der Waals surface area (Å²) in [5, 5.41) is 1.94. The van der Waals surface area contributed by atoms with Crippen molar-refractivity contribution >= 4 is 21.4 Å². The van der Waals surface area contributed by atoms with Crippen LogP contribution < -0.4 is 0 Å². The van der Waals surface area contributed by atoms with Crippen LogP contribution in [-0.2, 0) is 23.0 Å². The van der Waals surface area contributed by atoms with Crippen molar-refractivity contribution in [3.8, 4) is 0 Å². The van der Waals surface area contributed by atoms with E-state index in [0.29, 0.717) is 12.2 Å². The normalized spacial score (nSPS) is 11.9. The van der Waals surface area contributed by atoms with Gasteiger partial charge in [0.15, 0.2) is 0 Å². The Kier molecular flexibility index (Phi) is 5.13. The first kappa shape index (κ1) is 16.9. The molecule has 0 bridgehead atoms. The molecule has 1 aromatic carbocycles. The fourth-order valence-corrected chi connectivity index (χ4v) is 4.51. The van der Waals surface area contributed by atoms with Gasteiger partial charge in [0.05, 0.1) is 12.8 Å². The topological polar surface area (TPSA) is 50.5 Å². The van der Waals surface area contributed by atoms with E-state index in [1.807, 2.05) is 17.5 Å². The second-order valence-electron chi connectivity index (χ2n) is 5.18. The molecular weight excluding hydrogens is 349 g/mol. The van der Waals surface area contributed by atoms with Crippen LogP contribution in [0, 0.1) is 5.82 Å². The number of hydrogen-bond acceptors (Lipinski definition) is 4. The summed E-state index contributed by atoms with van der Waals surface area (Å²) in [5.74, 6) is -0.237. The number of nitrogens with zero attached hydrogens (tertiary/aromatic N) is 1. The molecule has 4 nitrogen and oxygen atoms in total. The molecule has 3 rings (SSSR count). The monoisotopic (exact) mass is 365 g/mol. The van der Waals surface area contributed by atoms with Crippen LogP contribution >= 0.6 is 11.3 Å². The molecule has 0 aliphatic carbocycles. The van der Waals surface area contributed by atoms with E-state index < -0.39 is 15.8 Å². The SMILES string of the molecule is O=S(=O)(c1ccccc1F)N(CCc1cccs1)Cc1ccco1. The minimum absolute atomic E-state index is 0.0645. The second-order valence-corrected chi connectivity index (χ2v) is 8.12. The second kappa shape index (κ2) is 7.29. The molecule has 0 saturated carbocycles. The summed E-state index contributed by atoms with van der Waals surface area (Å²) in [7, 11) is -3.96. The van der Waals surface area contributed by atoms with E-state index in [4.69, 9.17) is 4.42 Å². The van der Waals surface area contributed by atoms with E-state index in [9.17, 15) is 12.8 Å². The van der Waals surface area contributed by atoms with Gasteiger partial charge < -0.3 is 4.42 Å². The van der Waals surface area contributed by atoms with Crippen LogP contribution in [0.25, 0.3) is 0 Å². The first-order chi connectivity index (χ1) is 11.6. The Morgan fingerprint density at radius 2 is 1.92 bits per heavy atom. The van der Waals surface area contributed by atoms with Crippen LogP contribution in [0.2, 0.25) is 0 Å². The number of sulfonamides is 1. The highest BCUT2D eigenvalue weighted by atomic mass is 32.2. The molecule has 126 valence electrons. The lowest BCUT2D eigenvalue weighted by Gasteiger charge is -2.21. The molecule has 7 heteroatoms. The summed E-state index contributed by atoms with van der Waals surface area (Å²) >= 11 is 1.56. The van der Waals surface area contributed by atoms with E-state index >= 15 is 0 Å².